The number of carbonyl (C=O) groups is 2. The van der Waals surface area contributed by atoms with E-state index in [9.17, 15) is 9.59 Å². The second-order valence-electron chi connectivity index (χ2n) is 6.26. The van der Waals surface area contributed by atoms with Gasteiger partial charge in [-0.2, -0.15) is 0 Å². The highest BCUT2D eigenvalue weighted by molar-refractivity contribution is 7.17. The molecular formula is C22H19Cl2NO4S. The van der Waals surface area contributed by atoms with E-state index in [1.807, 2.05) is 19.1 Å². The molecule has 3 rings (SSSR count). The van der Waals surface area contributed by atoms with Crippen LogP contribution in [0.5, 0.6) is 5.75 Å². The molecule has 0 aliphatic carbocycles. The van der Waals surface area contributed by atoms with Crippen LogP contribution in [0.4, 0.5) is 5.00 Å². The van der Waals surface area contributed by atoms with E-state index in [1.165, 1.54) is 11.3 Å². The van der Waals surface area contributed by atoms with Crippen LogP contribution in [0.2, 0.25) is 10.0 Å². The Balaban J connectivity index is 1.86. The van der Waals surface area contributed by atoms with Crippen molar-refractivity contribution in [1.29, 1.82) is 0 Å². The van der Waals surface area contributed by atoms with E-state index in [2.05, 4.69) is 5.32 Å². The molecule has 0 aliphatic rings. The first kappa shape index (κ1) is 22.2. The minimum atomic E-state index is -0.502. The Morgan fingerprint density at radius 2 is 1.80 bits per heavy atom. The largest absolute Gasteiger partial charge is 0.484 e. The van der Waals surface area contributed by atoms with Crippen LogP contribution >= 0.6 is 34.5 Å². The molecule has 0 saturated carbocycles. The lowest BCUT2D eigenvalue weighted by atomic mass is 10.0. The molecule has 0 atom stereocenters. The summed E-state index contributed by atoms with van der Waals surface area (Å²) in [5.74, 6) is -0.422. The monoisotopic (exact) mass is 463 g/mol. The summed E-state index contributed by atoms with van der Waals surface area (Å²) in [6.07, 6.45) is 0. The van der Waals surface area contributed by atoms with E-state index in [4.69, 9.17) is 32.7 Å². The van der Waals surface area contributed by atoms with Crippen molar-refractivity contribution in [3.8, 4) is 16.9 Å². The summed E-state index contributed by atoms with van der Waals surface area (Å²) < 4.78 is 10.7. The number of hydrogen-bond acceptors (Lipinski definition) is 5. The molecule has 1 heterocycles. The highest BCUT2D eigenvalue weighted by Gasteiger charge is 2.25. The van der Waals surface area contributed by atoms with Crippen LogP contribution in [0.15, 0.2) is 48.5 Å². The number of rotatable bonds is 7. The Labute approximate surface area is 188 Å². The van der Waals surface area contributed by atoms with Crippen LogP contribution in [0.25, 0.3) is 11.1 Å². The Morgan fingerprint density at radius 3 is 2.47 bits per heavy atom. The molecule has 3 aromatic rings. The topological polar surface area (TPSA) is 64.6 Å². The van der Waals surface area contributed by atoms with Gasteiger partial charge in [-0.1, -0.05) is 41.4 Å². The van der Waals surface area contributed by atoms with Crippen molar-refractivity contribution in [1.82, 2.24) is 0 Å². The molecular weight excluding hydrogens is 445 g/mol. The second-order valence-corrected chi connectivity index (χ2v) is 8.36. The van der Waals surface area contributed by atoms with Crippen LogP contribution in [0.1, 0.15) is 22.2 Å². The third-order valence-electron chi connectivity index (χ3n) is 4.12. The fourth-order valence-corrected chi connectivity index (χ4v) is 4.25. The maximum absolute atomic E-state index is 12.7. The third kappa shape index (κ3) is 5.33. The smallest absolute Gasteiger partial charge is 0.341 e. The average Bonchev–Trinajstić information content (AvgIpc) is 3.03. The number of nitrogens with one attached hydrogen (secondary N) is 1. The lowest BCUT2D eigenvalue weighted by Gasteiger charge is -2.10. The highest BCUT2D eigenvalue weighted by atomic mass is 35.5. The number of hydrogen-bond donors (Lipinski definition) is 1. The lowest BCUT2D eigenvalue weighted by Crippen LogP contribution is -2.21. The molecule has 0 spiro atoms. The van der Waals surface area contributed by atoms with Crippen LogP contribution in [0.3, 0.4) is 0 Å². The number of anilines is 1. The molecule has 2 aromatic carbocycles. The maximum Gasteiger partial charge on any atom is 0.341 e. The Kier molecular flexibility index (Phi) is 7.37. The van der Waals surface area contributed by atoms with E-state index in [0.717, 1.165) is 10.4 Å². The molecule has 0 aliphatic heterocycles. The molecule has 30 heavy (non-hydrogen) atoms. The zero-order chi connectivity index (χ0) is 21.7. The van der Waals surface area contributed by atoms with E-state index >= 15 is 0 Å². The van der Waals surface area contributed by atoms with Crippen molar-refractivity contribution in [2.45, 2.75) is 13.8 Å². The first-order valence-corrected chi connectivity index (χ1v) is 10.7. The second kappa shape index (κ2) is 9.98. The fraction of sp³-hybridized carbons (Fsp3) is 0.182. The van der Waals surface area contributed by atoms with Gasteiger partial charge < -0.3 is 14.8 Å². The van der Waals surface area contributed by atoms with Crippen LogP contribution < -0.4 is 10.1 Å². The molecule has 8 heteroatoms. The van der Waals surface area contributed by atoms with Gasteiger partial charge in [-0.3, -0.25) is 4.79 Å². The van der Waals surface area contributed by atoms with Gasteiger partial charge in [0.05, 0.1) is 6.61 Å². The fourth-order valence-electron chi connectivity index (χ4n) is 2.86. The Hall–Kier alpha value is -2.54. The van der Waals surface area contributed by atoms with E-state index in [-0.39, 0.29) is 13.2 Å². The normalized spacial score (nSPS) is 10.5. The van der Waals surface area contributed by atoms with Gasteiger partial charge in [0.25, 0.3) is 5.91 Å². The quantitative estimate of drug-likeness (QED) is 0.422. The number of carbonyl (C=O) groups excluding carboxylic acids is 2. The molecule has 0 saturated heterocycles. The molecule has 0 fully saturated rings. The molecule has 1 N–H and O–H groups in total. The predicted octanol–water partition coefficient (Wildman–Crippen LogP) is 6.22. The SMILES string of the molecule is CCOC(=O)c1c(NC(=O)COc2cccc(Cl)c2)sc(C)c1-c1ccc(Cl)cc1. The van der Waals surface area contributed by atoms with Crippen molar-refractivity contribution in [3.05, 3.63) is 69.0 Å². The van der Waals surface area contributed by atoms with Gasteiger partial charge >= 0.3 is 5.97 Å². The first-order valence-electron chi connectivity index (χ1n) is 9.13. The third-order valence-corrected chi connectivity index (χ3v) is 5.62. The molecule has 0 unspecified atom stereocenters. The number of aryl methyl sites for hydroxylation is 1. The van der Waals surface area contributed by atoms with Gasteiger partial charge in [0.1, 0.15) is 16.3 Å². The number of ether oxygens (including phenoxy) is 2. The number of thiophene rings is 1. The minimum Gasteiger partial charge on any atom is -0.484 e. The summed E-state index contributed by atoms with van der Waals surface area (Å²) in [5, 5.41) is 4.29. The minimum absolute atomic E-state index is 0.221. The van der Waals surface area contributed by atoms with Crippen molar-refractivity contribution in [2.75, 3.05) is 18.5 Å². The summed E-state index contributed by atoms with van der Waals surface area (Å²) >= 11 is 13.2. The van der Waals surface area contributed by atoms with Crippen molar-refractivity contribution in [2.24, 2.45) is 0 Å². The molecule has 0 bridgehead atoms. The Bertz CT molecular complexity index is 1060. The summed E-state index contributed by atoms with van der Waals surface area (Å²) in [6, 6.07) is 13.9. The molecule has 5 nitrogen and oxygen atoms in total. The van der Waals surface area contributed by atoms with E-state index in [0.29, 0.717) is 31.9 Å². The summed E-state index contributed by atoms with van der Waals surface area (Å²) in [7, 11) is 0. The molecule has 0 radical (unpaired) electrons. The van der Waals surface area contributed by atoms with Gasteiger partial charge in [0, 0.05) is 20.5 Å². The zero-order valence-electron chi connectivity index (χ0n) is 16.3. The van der Waals surface area contributed by atoms with Gasteiger partial charge in [0.2, 0.25) is 0 Å². The zero-order valence-corrected chi connectivity index (χ0v) is 18.7. The van der Waals surface area contributed by atoms with Crippen molar-refractivity contribution >= 4 is 51.4 Å². The van der Waals surface area contributed by atoms with Crippen molar-refractivity contribution < 1.29 is 19.1 Å². The Morgan fingerprint density at radius 1 is 1.07 bits per heavy atom. The van der Waals surface area contributed by atoms with Gasteiger partial charge in [-0.25, -0.2) is 4.79 Å². The number of esters is 1. The summed E-state index contributed by atoms with van der Waals surface area (Å²) in [5.41, 5.74) is 1.84. The average molecular weight is 464 g/mol. The summed E-state index contributed by atoms with van der Waals surface area (Å²) in [6.45, 7) is 3.61. The number of halogens is 2. The number of amides is 1. The molecule has 1 amide bonds. The standard InChI is InChI=1S/C22H19Cl2NO4S/c1-3-28-22(27)20-19(14-7-9-15(23)10-8-14)13(2)30-21(20)25-18(26)12-29-17-6-4-5-16(24)11-17/h4-11H,3,12H2,1-2H3,(H,25,26). The maximum atomic E-state index is 12.7. The van der Waals surface area contributed by atoms with Crippen LogP contribution in [-0.2, 0) is 9.53 Å². The van der Waals surface area contributed by atoms with Crippen molar-refractivity contribution in [3.63, 3.8) is 0 Å². The highest BCUT2D eigenvalue weighted by Crippen LogP contribution is 2.40. The van der Waals surface area contributed by atoms with Gasteiger partial charge in [-0.05, 0) is 49.7 Å². The lowest BCUT2D eigenvalue weighted by molar-refractivity contribution is -0.118. The van der Waals surface area contributed by atoms with Crippen LogP contribution in [0, 0.1) is 6.92 Å². The van der Waals surface area contributed by atoms with Crippen LogP contribution in [-0.4, -0.2) is 25.1 Å². The molecule has 1 aromatic heterocycles. The van der Waals surface area contributed by atoms with E-state index in [1.54, 1.807) is 43.3 Å². The predicted molar refractivity (Wildman–Crippen MR) is 121 cm³/mol. The molecule has 156 valence electrons. The summed E-state index contributed by atoms with van der Waals surface area (Å²) in [4.78, 5) is 26.0. The van der Waals surface area contributed by atoms with Gasteiger partial charge in [0.15, 0.2) is 6.61 Å². The number of benzene rings is 2. The first-order chi connectivity index (χ1) is 14.4. The van der Waals surface area contributed by atoms with E-state index < -0.39 is 11.9 Å². The van der Waals surface area contributed by atoms with Gasteiger partial charge in [-0.15, -0.1) is 11.3 Å².